The van der Waals surface area contributed by atoms with Gasteiger partial charge in [-0.2, -0.15) is 22.0 Å². The molecule has 3 rings (SSSR count). The highest BCUT2D eigenvalue weighted by molar-refractivity contribution is 5.86. The summed E-state index contributed by atoms with van der Waals surface area (Å²) in [4.78, 5) is 12.9. The summed E-state index contributed by atoms with van der Waals surface area (Å²) in [6.45, 7) is -1.02. The standard InChI is InChI=1S/C21H21F5N2O4/c1-30-18-13(28-11-20(31-2,21(24,25)26)9-14(28)19(27)29)8-15(16(22)17(18)23)32-10-12-6-4-3-5-7-12/h3-8,14H,9-11H2,1-2H3,(H2,27,29)/t14-,20?/m0/s1. The number of ether oxygens (including phenoxy) is 3. The summed E-state index contributed by atoms with van der Waals surface area (Å²) < 4.78 is 85.7. The second-order valence-electron chi connectivity index (χ2n) is 7.28. The van der Waals surface area contributed by atoms with E-state index >= 15 is 0 Å². The molecule has 2 atom stereocenters. The molecule has 0 bridgehead atoms. The van der Waals surface area contributed by atoms with Crippen molar-refractivity contribution in [1.29, 1.82) is 0 Å². The zero-order valence-electron chi connectivity index (χ0n) is 17.2. The molecule has 2 N–H and O–H groups in total. The molecule has 0 spiro atoms. The Morgan fingerprint density at radius 3 is 2.38 bits per heavy atom. The highest BCUT2D eigenvalue weighted by Gasteiger charge is 2.63. The third kappa shape index (κ3) is 4.16. The number of amides is 1. The largest absolute Gasteiger partial charge is 0.491 e. The summed E-state index contributed by atoms with van der Waals surface area (Å²) in [5.74, 6) is -5.20. The lowest BCUT2D eigenvalue weighted by molar-refractivity contribution is -0.261. The maximum absolute atomic E-state index is 14.8. The average Bonchev–Trinajstić information content (AvgIpc) is 3.17. The van der Waals surface area contributed by atoms with Crippen LogP contribution in [0.1, 0.15) is 12.0 Å². The van der Waals surface area contributed by atoms with Gasteiger partial charge in [0.15, 0.2) is 17.1 Å². The number of nitrogens with two attached hydrogens (primary N) is 1. The Morgan fingerprint density at radius 1 is 1.19 bits per heavy atom. The third-order valence-corrected chi connectivity index (χ3v) is 5.42. The van der Waals surface area contributed by atoms with E-state index < -0.39 is 59.8 Å². The molecule has 32 heavy (non-hydrogen) atoms. The topological polar surface area (TPSA) is 74.0 Å². The Hall–Kier alpha value is -3.08. The van der Waals surface area contributed by atoms with Gasteiger partial charge in [-0.3, -0.25) is 4.79 Å². The Bertz CT molecular complexity index is 986. The molecule has 2 aromatic carbocycles. The molecule has 0 aromatic heterocycles. The molecule has 1 aliphatic rings. The van der Waals surface area contributed by atoms with Crippen LogP contribution in [0, 0.1) is 11.6 Å². The third-order valence-electron chi connectivity index (χ3n) is 5.42. The molecule has 1 amide bonds. The number of alkyl halides is 3. The number of primary amides is 1. The number of carbonyl (C=O) groups is 1. The van der Waals surface area contributed by atoms with Crippen molar-refractivity contribution >= 4 is 11.6 Å². The number of hydrogen-bond acceptors (Lipinski definition) is 5. The smallest absolute Gasteiger partial charge is 0.419 e. The minimum absolute atomic E-state index is 0.132. The van der Waals surface area contributed by atoms with Gasteiger partial charge in [0.1, 0.15) is 12.6 Å². The van der Waals surface area contributed by atoms with Gasteiger partial charge in [-0.15, -0.1) is 0 Å². The summed E-state index contributed by atoms with van der Waals surface area (Å²) in [7, 11) is 1.88. The number of benzene rings is 2. The number of halogens is 5. The fourth-order valence-corrected chi connectivity index (χ4v) is 3.67. The predicted molar refractivity (Wildman–Crippen MR) is 104 cm³/mol. The summed E-state index contributed by atoms with van der Waals surface area (Å²) in [6.07, 6.45) is -5.69. The quantitative estimate of drug-likeness (QED) is 0.640. The van der Waals surface area contributed by atoms with Crippen LogP contribution in [0.15, 0.2) is 36.4 Å². The van der Waals surface area contributed by atoms with E-state index in [2.05, 4.69) is 0 Å². The molecule has 1 aliphatic heterocycles. The van der Waals surface area contributed by atoms with Crippen molar-refractivity contribution < 1.29 is 41.0 Å². The van der Waals surface area contributed by atoms with Gasteiger partial charge in [0, 0.05) is 19.6 Å². The van der Waals surface area contributed by atoms with Crippen LogP contribution in [0.2, 0.25) is 0 Å². The van der Waals surface area contributed by atoms with Gasteiger partial charge >= 0.3 is 6.18 Å². The molecular weight excluding hydrogens is 439 g/mol. The number of methoxy groups -OCH3 is 2. The van der Waals surface area contributed by atoms with E-state index in [1.165, 1.54) is 0 Å². The van der Waals surface area contributed by atoms with Crippen molar-refractivity contribution in [1.82, 2.24) is 0 Å². The lowest BCUT2D eigenvalue weighted by Gasteiger charge is -2.31. The lowest BCUT2D eigenvalue weighted by atomic mass is 9.99. The van der Waals surface area contributed by atoms with Gasteiger partial charge in [-0.25, -0.2) is 0 Å². The number of nitrogens with zero attached hydrogens (tertiary/aromatic N) is 1. The molecule has 6 nitrogen and oxygen atoms in total. The molecule has 1 fully saturated rings. The SMILES string of the molecule is COc1c(N2CC(OC)(C(F)(F)F)C[C@H]2C(N)=O)cc(OCc2ccccc2)c(F)c1F. The fraction of sp³-hybridized carbons (Fsp3) is 0.381. The van der Waals surface area contributed by atoms with E-state index in [-0.39, 0.29) is 12.3 Å². The van der Waals surface area contributed by atoms with Crippen molar-refractivity contribution in [3.63, 3.8) is 0 Å². The molecule has 1 heterocycles. The summed E-state index contributed by atoms with van der Waals surface area (Å²) in [6, 6.07) is 8.05. The molecule has 0 radical (unpaired) electrons. The van der Waals surface area contributed by atoms with Crippen molar-refractivity contribution in [3.05, 3.63) is 53.6 Å². The lowest BCUT2D eigenvalue weighted by Crippen LogP contribution is -2.49. The Morgan fingerprint density at radius 2 is 1.84 bits per heavy atom. The monoisotopic (exact) mass is 460 g/mol. The molecule has 2 aromatic rings. The maximum atomic E-state index is 14.8. The highest BCUT2D eigenvalue weighted by atomic mass is 19.4. The number of carbonyl (C=O) groups excluding carboxylic acids is 1. The van der Waals surface area contributed by atoms with Crippen molar-refractivity contribution in [2.24, 2.45) is 5.73 Å². The van der Waals surface area contributed by atoms with E-state index in [4.69, 9.17) is 19.9 Å². The van der Waals surface area contributed by atoms with E-state index in [0.29, 0.717) is 5.56 Å². The molecule has 11 heteroatoms. The van der Waals surface area contributed by atoms with Gasteiger partial charge in [0.2, 0.25) is 17.5 Å². The summed E-state index contributed by atoms with van der Waals surface area (Å²) >= 11 is 0. The summed E-state index contributed by atoms with van der Waals surface area (Å²) in [5.41, 5.74) is 2.92. The molecule has 0 aliphatic carbocycles. The average molecular weight is 460 g/mol. The first kappa shape index (κ1) is 23.6. The van der Waals surface area contributed by atoms with E-state index in [9.17, 15) is 26.7 Å². The van der Waals surface area contributed by atoms with Crippen molar-refractivity contribution in [3.8, 4) is 11.5 Å². The Labute approximate surface area is 180 Å². The van der Waals surface area contributed by atoms with Crippen LogP contribution in [0.25, 0.3) is 0 Å². The van der Waals surface area contributed by atoms with Crippen LogP contribution < -0.4 is 20.1 Å². The van der Waals surface area contributed by atoms with Gasteiger partial charge in [-0.05, 0) is 5.56 Å². The maximum Gasteiger partial charge on any atom is 0.419 e. The minimum Gasteiger partial charge on any atom is -0.491 e. The highest BCUT2D eigenvalue weighted by Crippen LogP contribution is 2.48. The first-order valence-corrected chi connectivity index (χ1v) is 9.45. The Kier molecular flexibility index (Phi) is 6.49. The number of hydrogen-bond donors (Lipinski definition) is 1. The van der Waals surface area contributed by atoms with E-state index in [1.54, 1.807) is 30.3 Å². The van der Waals surface area contributed by atoms with E-state index in [1.807, 2.05) is 0 Å². The molecule has 1 unspecified atom stereocenters. The Balaban J connectivity index is 2.06. The molecule has 1 saturated heterocycles. The molecular formula is C21H21F5N2O4. The first-order chi connectivity index (χ1) is 15.0. The summed E-state index contributed by atoms with van der Waals surface area (Å²) in [5, 5.41) is 0. The predicted octanol–water partition coefficient (Wildman–Crippen LogP) is 3.56. The second kappa shape index (κ2) is 8.81. The van der Waals surface area contributed by atoms with Crippen molar-refractivity contribution in [2.75, 3.05) is 25.7 Å². The van der Waals surface area contributed by atoms with Crippen LogP contribution >= 0.6 is 0 Å². The van der Waals surface area contributed by atoms with Gasteiger partial charge in [0.25, 0.3) is 0 Å². The van der Waals surface area contributed by atoms with Gasteiger partial charge in [-0.1, -0.05) is 30.3 Å². The first-order valence-electron chi connectivity index (χ1n) is 9.45. The molecule has 174 valence electrons. The van der Waals surface area contributed by atoms with Crippen LogP contribution in [0.5, 0.6) is 11.5 Å². The van der Waals surface area contributed by atoms with Crippen LogP contribution in [0.3, 0.4) is 0 Å². The number of anilines is 1. The zero-order chi connectivity index (χ0) is 23.7. The zero-order valence-corrected chi connectivity index (χ0v) is 17.2. The second-order valence-corrected chi connectivity index (χ2v) is 7.28. The van der Waals surface area contributed by atoms with Gasteiger partial charge < -0.3 is 24.8 Å². The normalized spacial score (nSPS) is 21.0. The van der Waals surface area contributed by atoms with E-state index in [0.717, 1.165) is 25.2 Å². The fourth-order valence-electron chi connectivity index (χ4n) is 3.67. The van der Waals surface area contributed by atoms with Crippen LogP contribution in [-0.4, -0.2) is 44.5 Å². The minimum atomic E-state index is -4.86. The molecule has 0 saturated carbocycles. The van der Waals surface area contributed by atoms with Crippen LogP contribution in [-0.2, 0) is 16.1 Å². The van der Waals surface area contributed by atoms with Crippen molar-refractivity contribution in [2.45, 2.75) is 30.8 Å². The number of rotatable bonds is 7. The van der Waals surface area contributed by atoms with Crippen LogP contribution in [0.4, 0.5) is 27.6 Å². The van der Waals surface area contributed by atoms with Gasteiger partial charge in [0.05, 0.1) is 19.3 Å².